The summed E-state index contributed by atoms with van der Waals surface area (Å²) in [7, 11) is 4.33. The Bertz CT molecular complexity index is 740. The Balaban J connectivity index is 0. The van der Waals surface area contributed by atoms with Crippen molar-refractivity contribution in [3.8, 4) is 0 Å². The number of rotatable bonds is 41. The average molecular weight is 771 g/mol. The maximum atomic E-state index is 12.2. The predicted octanol–water partition coefficient (Wildman–Crippen LogP) is 13.0. The van der Waals surface area contributed by atoms with Gasteiger partial charge in [-0.1, -0.05) is 156 Å². The van der Waals surface area contributed by atoms with Crippen molar-refractivity contribution >= 4 is 12.6 Å². The fourth-order valence-electron chi connectivity index (χ4n) is 7.16. The number of nitrogens with zero attached hydrogens (tertiary/aromatic N) is 1. The van der Waals surface area contributed by atoms with E-state index in [2.05, 4.69) is 52.0 Å². The van der Waals surface area contributed by atoms with Crippen LogP contribution < -0.4 is 5.32 Å². The number of unbranched alkanes of at least 4 members (excludes halogenated alkanes) is 16. The Hall–Kier alpha value is -1.38. The van der Waals surface area contributed by atoms with Gasteiger partial charge in [-0.3, -0.25) is 4.79 Å². The topological polar surface area (TPSA) is 97.3 Å². The lowest BCUT2D eigenvalue weighted by Gasteiger charge is -2.20. The first-order chi connectivity index (χ1) is 26.4. The molecule has 0 amide bonds. The molecule has 0 aliphatic rings. The maximum absolute atomic E-state index is 12.2. The van der Waals surface area contributed by atoms with Crippen LogP contribution in [0.2, 0.25) is 0 Å². The molecule has 324 valence electrons. The molecule has 3 atom stereocenters. The van der Waals surface area contributed by atoms with Crippen LogP contribution >= 0.6 is 0 Å². The van der Waals surface area contributed by atoms with Crippen LogP contribution in [0.5, 0.6) is 0 Å². The van der Waals surface area contributed by atoms with Crippen LogP contribution in [-0.4, -0.2) is 82.3 Å². The average Bonchev–Trinajstić information content (AvgIpc) is 3.16. The minimum Gasteiger partial charge on any atom is -0.483 e. The van der Waals surface area contributed by atoms with Crippen LogP contribution in [0.25, 0.3) is 0 Å². The molecule has 0 rings (SSSR count). The zero-order chi connectivity index (χ0) is 40.2. The third kappa shape index (κ3) is 43.3. The van der Waals surface area contributed by atoms with E-state index >= 15 is 0 Å². The molecule has 0 saturated heterocycles. The van der Waals surface area contributed by atoms with Crippen molar-refractivity contribution in [2.24, 2.45) is 11.8 Å². The van der Waals surface area contributed by atoms with Crippen LogP contribution in [0.3, 0.4) is 0 Å². The highest BCUT2D eigenvalue weighted by molar-refractivity contribution is 5.59. The van der Waals surface area contributed by atoms with Gasteiger partial charge in [0.2, 0.25) is 0 Å². The van der Waals surface area contributed by atoms with Gasteiger partial charge in [-0.25, -0.2) is 4.79 Å². The summed E-state index contributed by atoms with van der Waals surface area (Å²) in [6.07, 6.45) is 36.2. The van der Waals surface area contributed by atoms with Gasteiger partial charge in [0.15, 0.2) is 0 Å². The molecule has 8 nitrogen and oxygen atoms in total. The van der Waals surface area contributed by atoms with Crippen molar-refractivity contribution in [3.63, 3.8) is 0 Å². The number of carbonyl (C=O) groups excluding carboxylic acids is 1. The quantitative estimate of drug-likeness (QED) is 0.0360. The van der Waals surface area contributed by atoms with Gasteiger partial charge in [-0.15, -0.1) is 0 Å². The first kappa shape index (κ1) is 54.7. The molecule has 0 aliphatic heterocycles. The van der Waals surface area contributed by atoms with Gasteiger partial charge < -0.3 is 29.5 Å². The van der Waals surface area contributed by atoms with E-state index in [-0.39, 0.29) is 6.47 Å². The minimum absolute atomic E-state index is 0.250. The Morgan fingerprint density at radius 2 is 0.981 bits per heavy atom. The fourth-order valence-corrected chi connectivity index (χ4v) is 7.16. The Morgan fingerprint density at radius 3 is 1.50 bits per heavy atom. The molecule has 0 aromatic carbocycles. The van der Waals surface area contributed by atoms with Crippen molar-refractivity contribution in [2.45, 2.75) is 220 Å². The smallest absolute Gasteiger partial charge is 0.483 e. The van der Waals surface area contributed by atoms with Crippen LogP contribution in [0.1, 0.15) is 214 Å². The second-order valence-electron chi connectivity index (χ2n) is 16.2. The van der Waals surface area contributed by atoms with E-state index in [9.17, 15) is 4.79 Å². The van der Waals surface area contributed by atoms with Gasteiger partial charge in [0.05, 0.1) is 13.2 Å². The maximum Gasteiger partial charge on any atom is 0.508 e. The predicted molar refractivity (Wildman–Crippen MR) is 231 cm³/mol. The molecule has 54 heavy (non-hydrogen) atoms. The monoisotopic (exact) mass is 771 g/mol. The Kier molecular flexibility index (Phi) is 46.6. The molecule has 0 aromatic rings. The van der Waals surface area contributed by atoms with E-state index in [0.717, 1.165) is 57.9 Å². The fraction of sp³-hybridized carbons (Fsp3) is 0.957. The SMILES string of the molecule is CCCCCCC(CCCC)COCCCCCCCC(CCCCCCCOC(=O)OCC(CCCC)CCCCCC)NCCCN(C)C.O=CO. The summed E-state index contributed by atoms with van der Waals surface area (Å²) < 4.78 is 17.1. The summed E-state index contributed by atoms with van der Waals surface area (Å²) in [5.74, 6) is 1.25. The van der Waals surface area contributed by atoms with Gasteiger partial charge >= 0.3 is 6.16 Å². The van der Waals surface area contributed by atoms with E-state index in [1.165, 1.54) is 161 Å². The highest BCUT2D eigenvalue weighted by Crippen LogP contribution is 2.20. The van der Waals surface area contributed by atoms with Crippen LogP contribution in [0.15, 0.2) is 0 Å². The molecule has 0 aliphatic carbocycles. The lowest BCUT2D eigenvalue weighted by atomic mass is 9.96. The number of nitrogens with one attached hydrogen (secondary N) is 1. The summed E-state index contributed by atoms with van der Waals surface area (Å²) in [4.78, 5) is 22.8. The van der Waals surface area contributed by atoms with Crippen LogP contribution in [0.4, 0.5) is 4.79 Å². The molecule has 3 unspecified atom stereocenters. The Labute approximate surface area is 336 Å². The Morgan fingerprint density at radius 1 is 0.556 bits per heavy atom. The summed E-state index contributed by atoms with van der Waals surface area (Å²) >= 11 is 0. The zero-order valence-electron chi connectivity index (χ0n) is 37.0. The molecule has 0 radical (unpaired) electrons. The van der Waals surface area contributed by atoms with E-state index in [0.29, 0.717) is 25.2 Å². The third-order valence-corrected chi connectivity index (χ3v) is 10.6. The number of carboxylic acid groups (broad SMARTS) is 1. The largest absolute Gasteiger partial charge is 0.508 e. The summed E-state index contributed by atoms with van der Waals surface area (Å²) in [5, 5.41) is 10.8. The number of hydrogen-bond acceptors (Lipinski definition) is 7. The lowest BCUT2D eigenvalue weighted by molar-refractivity contribution is -0.122. The van der Waals surface area contributed by atoms with Gasteiger partial charge in [0, 0.05) is 19.3 Å². The van der Waals surface area contributed by atoms with Gasteiger partial charge in [0.1, 0.15) is 0 Å². The molecule has 0 aromatic heterocycles. The van der Waals surface area contributed by atoms with E-state index in [4.69, 9.17) is 24.1 Å². The second kappa shape index (κ2) is 46.0. The first-order valence-electron chi connectivity index (χ1n) is 23.2. The van der Waals surface area contributed by atoms with Crippen molar-refractivity contribution in [3.05, 3.63) is 0 Å². The van der Waals surface area contributed by atoms with E-state index < -0.39 is 6.16 Å². The van der Waals surface area contributed by atoms with Crippen molar-refractivity contribution in [1.82, 2.24) is 10.2 Å². The standard InChI is InChI=1S/C45H92N2O4.CH2O2/c1-7-11-15-23-32-42(30-13-9-3)40-49-38-27-21-17-19-25-34-44(46-36-29-37-47(5)6)35-26-20-18-22-28-39-50-45(48)51-41-43(31-14-10-4)33-24-16-12-8-2;2-1-3/h42-44,46H,7-41H2,1-6H3;1H,(H,2,3). The zero-order valence-corrected chi connectivity index (χ0v) is 37.0. The molecule has 0 saturated carbocycles. The third-order valence-electron chi connectivity index (χ3n) is 10.6. The molecular formula is C46H94N2O6. The summed E-state index contributed by atoms with van der Waals surface area (Å²) in [5.41, 5.74) is 0. The van der Waals surface area contributed by atoms with E-state index in [1.807, 2.05) is 0 Å². The lowest BCUT2D eigenvalue weighted by Crippen LogP contribution is -2.31. The van der Waals surface area contributed by atoms with Crippen LogP contribution in [-0.2, 0) is 19.0 Å². The van der Waals surface area contributed by atoms with Crippen molar-refractivity contribution in [1.29, 1.82) is 0 Å². The first-order valence-corrected chi connectivity index (χ1v) is 23.2. The van der Waals surface area contributed by atoms with Gasteiger partial charge in [0.25, 0.3) is 6.47 Å². The number of carbonyl (C=O) groups is 2. The normalized spacial score (nSPS) is 12.9. The van der Waals surface area contributed by atoms with Gasteiger partial charge in [-0.2, -0.15) is 0 Å². The molecular weight excluding hydrogens is 677 g/mol. The second-order valence-corrected chi connectivity index (χ2v) is 16.2. The number of ether oxygens (including phenoxy) is 3. The molecule has 0 spiro atoms. The molecule has 0 fully saturated rings. The molecule has 0 bridgehead atoms. The number of hydrogen-bond donors (Lipinski definition) is 2. The summed E-state index contributed by atoms with van der Waals surface area (Å²) in [6, 6.07) is 0.638. The van der Waals surface area contributed by atoms with E-state index in [1.54, 1.807) is 0 Å². The van der Waals surface area contributed by atoms with Crippen molar-refractivity contribution < 1.29 is 28.9 Å². The van der Waals surface area contributed by atoms with Crippen LogP contribution in [0, 0.1) is 11.8 Å². The van der Waals surface area contributed by atoms with Gasteiger partial charge in [-0.05, 0) is 96.8 Å². The highest BCUT2D eigenvalue weighted by atomic mass is 16.7. The molecule has 0 heterocycles. The minimum atomic E-state index is -0.471. The molecule has 8 heteroatoms. The molecule has 2 N–H and O–H groups in total. The summed E-state index contributed by atoms with van der Waals surface area (Å²) in [6.45, 7) is 14.0. The highest BCUT2D eigenvalue weighted by Gasteiger charge is 2.13. The van der Waals surface area contributed by atoms with Crippen molar-refractivity contribution in [2.75, 3.05) is 53.6 Å².